The Kier molecular flexibility index (Phi) is 7.19. The van der Waals surface area contributed by atoms with E-state index in [1.165, 1.54) is 26.7 Å². The summed E-state index contributed by atoms with van der Waals surface area (Å²) in [4.78, 5) is 11.6. The van der Waals surface area contributed by atoms with Crippen molar-refractivity contribution >= 4 is 17.6 Å². The van der Waals surface area contributed by atoms with E-state index in [1.54, 1.807) is 18.2 Å². The standard InChI is InChI=1S/C27H31FN6O2S/c1-18-30-26(24-16-23(32-36-24)20-5-7-21(8-6-20)35-27(2,3)28)31-34(18)17-19-9-12-29-25(15-19)33-13-10-22(37-4)11-14-33/h5-9,12,15-16,22H,10-11,13-14,17H2,1-4H3. The van der Waals surface area contributed by atoms with Gasteiger partial charge in [0.25, 0.3) is 0 Å². The molecule has 4 aromatic rings. The second kappa shape index (κ2) is 10.5. The SMILES string of the molecule is CSC1CCN(c2cc(Cn3nc(-c4cc(-c5ccc(OC(C)(C)F)cc5)no4)nc3C)ccn2)CC1. The minimum atomic E-state index is -1.74. The van der Waals surface area contributed by atoms with Crippen LogP contribution in [0.4, 0.5) is 10.2 Å². The van der Waals surface area contributed by atoms with Crippen LogP contribution in [0.2, 0.25) is 0 Å². The number of alkyl halides is 1. The van der Waals surface area contributed by atoms with Gasteiger partial charge in [0.1, 0.15) is 23.1 Å². The molecule has 0 spiro atoms. The maximum atomic E-state index is 13.7. The molecule has 10 heteroatoms. The van der Waals surface area contributed by atoms with Crippen molar-refractivity contribution in [1.82, 2.24) is 24.9 Å². The van der Waals surface area contributed by atoms with Gasteiger partial charge in [-0.25, -0.2) is 14.6 Å². The number of piperidine rings is 1. The number of aryl methyl sites for hydroxylation is 1. The Hall–Kier alpha value is -3.40. The highest BCUT2D eigenvalue weighted by Crippen LogP contribution is 2.28. The van der Waals surface area contributed by atoms with Gasteiger partial charge in [-0.05, 0) is 68.0 Å². The van der Waals surface area contributed by atoms with Gasteiger partial charge in [-0.15, -0.1) is 5.10 Å². The van der Waals surface area contributed by atoms with Gasteiger partial charge in [0.15, 0.2) is 0 Å². The van der Waals surface area contributed by atoms with Crippen LogP contribution in [0.1, 0.15) is 38.1 Å². The Labute approximate surface area is 220 Å². The summed E-state index contributed by atoms with van der Waals surface area (Å²) in [6.45, 7) is 7.30. The smallest absolute Gasteiger partial charge is 0.242 e. The molecule has 0 saturated carbocycles. The highest BCUT2D eigenvalue weighted by Gasteiger charge is 2.20. The van der Waals surface area contributed by atoms with Gasteiger partial charge >= 0.3 is 0 Å². The maximum Gasteiger partial charge on any atom is 0.242 e. The Balaban J connectivity index is 1.28. The second-order valence-electron chi connectivity index (χ2n) is 9.65. The van der Waals surface area contributed by atoms with E-state index in [2.05, 4.69) is 37.4 Å². The van der Waals surface area contributed by atoms with Crippen molar-refractivity contribution in [2.45, 2.75) is 51.3 Å². The van der Waals surface area contributed by atoms with Crippen LogP contribution in [-0.4, -0.2) is 55.4 Å². The number of hydrogen-bond acceptors (Lipinski definition) is 8. The first kappa shape index (κ1) is 25.3. The fourth-order valence-electron chi connectivity index (χ4n) is 4.39. The van der Waals surface area contributed by atoms with Gasteiger partial charge in [-0.2, -0.15) is 16.2 Å². The second-order valence-corrected chi connectivity index (χ2v) is 10.8. The quantitative estimate of drug-likeness (QED) is 0.289. The number of ether oxygens (including phenoxy) is 1. The Morgan fingerprint density at radius 1 is 1.14 bits per heavy atom. The summed E-state index contributed by atoms with van der Waals surface area (Å²) >= 11 is 1.96. The number of rotatable bonds is 8. The fourth-order valence-corrected chi connectivity index (χ4v) is 5.07. The molecule has 3 aromatic heterocycles. The molecular formula is C27H31FN6O2S. The lowest BCUT2D eigenvalue weighted by atomic mass is 10.1. The zero-order valence-electron chi connectivity index (χ0n) is 21.5. The van der Waals surface area contributed by atoms with E-state index >= 15 is 0 Å². The van der Waals surface area contributed by atoms with Crippen molar-refractivity contribution in [1.29, 1.82) is 0 Å². The monoisotopic (exact) mass is 522 g/mol. The number of nitrogens with zero attached hydrogens (tertiary/aromatic N) is 6. The number of aromatic nitrogens is 5. The van der Waals surface area contributed by atoms with Crippen molar-refractivity contribution in [3.8, 4) is 28.6 Å². The first-order valence-corrected chi connectivity index (χ1v) is 13.7. The molecule has 0 amide bonds. The molecule has 0 N–H and O–H groups in total. The number of anilines is 1. The molecule has 1 aliphatic rings. The van der Waals surface area contributed by atoms with Crippen LogP contribution in [0.3, 0.4) is 0 Å². The molecule has 1 fully saturated rings. The van der Waals surface area contributed by atoms with Crippen LogP contribution < -0.4 is 9.64 Å². The van der Waals surface area contributed by atoms with Crippen molar-refractivity contribution < 1.29 is 13.7 Å². The predicted octanol–water partition coefficient (Wildman–Crippen LogP) is 5.77. The van der Waals surface area contributed by atoms with E-state index in [4.69, 9.17) is 9.26 Å². The lowest BCUT2D eigenvalue weighted by Gasteiger charge is -2.32. The van der Waals surface area contributed by atoms with Crippen LogP contribution in [0.15, 0.2) is 53.2 Å². The van der Waals surface area contributed by atoms with Gasteiger partial charge in [-0.3, -0.25) is 0 Å². The molecule has 0 aliphatic carbocycles. The van der Waals surface area contributed by atoms with Crippen LogP contribution in [-0.2, 0) is 6.54 Å². The average Bonchev–Trinajstić information content (AvgIpc) is 3.51. The Morgan fingerprint density at radius 2 is 1.89 bits per heavy atom. The first-order chi connectivity index (χ1) is 17.8. The molecule has 0 unspecified atom stereocenters. The number of benzene rings is 1. The van der Waals surface area contributed by atoms with Crippen LogP contribution in [0.25, 0.3) is 22.8 Å². The average molecular weight is 523 g/mol. The summed E-state index contributed by atoms with van der Waals surface area (Å²) < 4.78 is 26.4. The third-order valence-corrected chi connectivity index (χ3v) is 7.48. The topological polar surface area (TPSA) is 82.1 Å². The zero-order chi connectivity index (χ0) is 26.0. The van der Waals surface area contributed by atoms with E-state index in [0.717, 1.165) is 41.1 Å². The first-order valence-electron chi connectivity index (χ1n) is 12.4. The van der Waals surface area contributed by atoms with E-state index in [-0.39, 0.29) is 0 Å². The highest BCUT2D eigenvalue weighted by molar-refractivity contribution is 7.99. The molecular weight excluding hydrogens is 491 g/mol. The van der Waals surface area contributed by atoms with Crippen molar-refractivity contribution in [2.24, 2.45) is 0 Å². The molecule has 4 heterocycles. The number of hydrogen-bond donors (Lipinski definition) is 0. The van der Waals surface area contributed by atoms with Crippen LogP contribution >= 0.6 is 11.8 Å². The lowest BCUT2D eigenvalue weighted by Crippen LogP contribution is -2.35. The molecule has 0 radical (unpaired) electrons. The molecule has 1 aliphatic heterocycles. The minimum Gasteiger partial charge on any atom is -0.459 e. The van der Waals surface area contributed by atoms with Crippen LogP contribution in [0.5, 0.6) is 5.75 Å². The number of pyridine rings is 1. The number of thioether (sulfide) groups is 1. The normalized spacial score (nSPS) is 14.8. The van der Waals surface area contributed by atoms with E-state index in [9.17, 15) is 4.39 Å². The molecule has 5 rings (SSSR count). The predicted molar refractivity (Wildman–Crippen MR) is 144 cm³/mol. The van der Waals surface area contributed by atoms with Crippen molar-refractivity contribution in [2.75, 3.05) is 24.2 Å². The van der Waals surface area contributed by atoms with Crippen LogP contribution in [0, 0.1) is 6.92 Å². The third kappa shape index (κ3) is 6.12. The Morgan fingerprint density at radius 3 is 2.59 bits per heavy atom. The fraction of sp³-hybridized carbons (Fsp3) is 0.407. The molecule has 8 nitrogen and oxygen atoms in total. The molecule has 1 saturated heterocycles. The molecule has 194 valence electrons. The molecule has 0 atom stereocenters. The van der Waals surface area contributed by atoms with Gasteiger partial charge in [0.2, 0.25) is 17.4 Å². The molecule has 37 heavy (non-hydrogen) atoms. The summed E-state index contributed by atoms with van der Waals surface area (Å²) in [7, 11) is 0. The highest BCUT2D eigenvalue weighted by atomic mass is 32.2. The maximum absolute atomic E-state index is 13.7. The summed E-state index contributed by atoms with van der Waals surface area (Å²) in [5, 5.41) is 9.59. The lowest BCUT2D eigenvalue weighted by molar-refractivity contribution is -0.0256. The van der Waals surface area contributed by atoms with E-state index in [1.807, 2.05) is 47.8 Å². The molecule has 1 aromatic carbocycles. The minimum absolute atomic E-state index is 0.444. The van der Waals surface area contributed by atoms with Gasteiger partial charge in [0.05, 0.1) is 6.54 Å². The summed E-state index contributed by atoms with van der Waals surface area (Å²) in [5.41, 5.74) is 2.58. The van der Waals surface area contributed by atoms with E-state index < -0.39 is 5.85 Å². The van der Waals surface area contributed by atoms with E-state index in [0.29, 0.717) is 29.6 Å². The van der Waals surface area contributed by atoms with Gasteiger partial charge in [-0.1, -0.05) is 5.16 Å². The molecule has 0 bridgehead atoms. The Bertz CT molecular complexity index is 1340. The zero-order valence-corrected chi connectivity index (χ0v) is 22.3. The summed E-state index contributed by atoms with van der Waals surface area (Å²) in [6.07, 6.45) is 6.43. The van der Waals surface area contributed by atoms with Gasteiger partial charge in [0, 0.05) is 50.0 Å². The van der Waals surface area contributed by atoms with Gasteiger partial charge < -0.3 is 14.2 Å². The van der Waals surface area contributed by atoms with Crippen molar-refractivity contribution in [3.05, 3.63) is 60.0 Å². The third-order valence-electron chi connectivity index (χ3n) is 6.34. The van der Waals surface area contributed by atoms with Crippen molar-refractivity contribution in [3.63, 3.8) is 0 Å². The largest absolute Gasteiger partial charge is 0.459 e. The summed E-state index contributed by atoms with van der Waals surface area (Å²) in [5.74, 6) is 1.45. The summed E-state index contributed by atoms with van der Waals surface area (Å²) in [6, 6.07) is 13.0. The number of halogens is 1.